The zero-order valence-corrected chi connectivity index (χ0v) is 29.7. The molecule has 0 spiro atoms. The first-order valence-corrected chi connectivity index (χ1v) is 18.3. The molecule has 0 radical (unpaired) electrons. The number of likely N-dealkylation sites (tertiary alicyclic amines) is 1. The smallest absolute Gasteiger partial charge is 0.319 e. The second kappa shape index (κ2) is 15.7. The number of hydrogen-bond donors (Lipinski definition) is 2. The Morgan fingerprint density at radius 2 is 1.94 bits per heavy atom. The van der Waals surface area contributed by atoms with Crippen LogP contribution in [0.3, 0.4) is 0 Å². The van der Waals surface area contributed by atoms with E-state index in [1.807, 2.05) is 18.3 Å². The molecule has 9 nitrogen and oxygen atoms in total. The molecule has 260 valence electrons. The number of urea groups is 1. The van der Waals surface area contributed by atoms with Crippen LogP contribution in [-0.4, -0.2) is 71.4 Å². The standard InChI is InChI=1S/C38H47FN6O3S/c1-5-29(24(2)15-18-44(3)4)36(46)26-7-6-17-45(23-26)22-25-8-12-31(41-21-25)35-20-32-37(49-35)34(14-16-40-32)48-33-13-11-28(19-30(33)39)43-38(47)42-27-9-10-27/h8,11-14,16,19-21,24,26-27,29H,5-7,9-10,15,17-18,22-23H2,1-4H3,(H2,42,43,47). The molecule has 2 amide bonds. The van der Waals surface area contributed by atoms with Gasteiger partial charge in [0.15, 0.2) is 11.6 Å². The lowest BCUT2D eigenvalue weighted by Crippen LogP contribution is -2.41. The first kappa shape index (κ1) is 34.9. The Morgan fingerprint density at radius 1 is 1.10 bits per heavy atom. The topological polar surface area (TPSA) is 99.7 Å². The molecule has 2 aliphatic rings. The van der Waals surface area contributed by atoms with Crippen molar-refractivity contribution in [3.05, 3.63) is 66.2 Å². The summed E-state index contributed by atoms with van der Waals surface area (Å²) in [6, 6.07) is 12.1. The summed E-state index contributed by atoms with van der Waals surface area (Å²) >= 11 is 1.49. The van der Waals surface area contributed by atoms with Crippen LogP contribution in [0.5, 0.6) is 11.5 Å². The van der Waals surface area contributed by atoms with Crippen molar-refractivity contribution in [1.29, 1.82) is 0 Å². The van der Waals surface area contributed by atoms with Crippen molar-refractivity contribution in [2.75, 3.05) is 39.0 Å². The number of ether oxygens (including phenoxy) is 1. The molecule has 3 unspecified atom stereocenters. The molecule has 49 heavy (non-hydrogen) atoms. The maximum absolute atomic E-state index is 15.0. The number of benzene rings is 1. The molecule has 1 aliphatic carbocycles. The summed E-state index contributed by atoms with van der Waals surface area (Å²) in [6.45, 7) is 7.95. The molecule has 1 aliphatic heterocycles. The molecule has 1 saturated heterocycles. The van der Waals surface area contributed by atoms with E-state index in [2.05, 4.69) is 59.4 Å². The van der Waals surface area contributed by atoms with Gasteiger partial charge in [-0.1, -0.05) is 19.9 Å². The van der Waals surface area contributed by atoms with Gasteiger partial charge in [-0.2, -0.15) is 0 Å². The van der Waals surface area contributed by atoms with Crippen molar-refractivity contribution in [2.45, 2.75) is 65.0 Å². The van der Waals surface area contributed by atoms with Gasteiger partial charge in [-0.05, 0) is 101 Å². The van der Waals surface area contributed by atoms with E-state index in [0.29, 0.717) is 23.1 Å². The molecule has 2 N–H and O–H groups in total. The predicted octanol–water partition coefficient (Wildman–Crippen LogP) is 7.97. The molecule has 6 rings (SSSR count). The second-order valence-corrected chi connectivity index (χ2v) is 14.9. The van der Waals surface area contributed by atoms with Crippen LogP contribution in [0.2, 0.25) is 0 Å². The average molecular weight is 687 g/mol. The van der Waals surface area contributed by atoms with E-state index < -0.39 is 5.82 Å². The minimum Gasteiger partial charge on any atom is -0.453 e. The lowest BCUT2D eigenvalue weighted by Gasteiger charge is -2.35. The van der Waals surface area contributed by atoms with Gasteiger partial charge in [0.25, 0.3) is 0 Å². The van der Waals surface area contributed by atoms with Gasteiger partial charge in [0.1, 0.15) is 11.5 Å². The van der Waals surface area contributed by atoms with Crippen molar-refractivity contribution in [2.24, 2.45) is 17.8 Å². The van der Waals surface area contributed by atoms with Crippen LogP contribution in [-0.2, 0) is 11.3 Å². The summed E-state index contributed by atoms with van der Waals surface area (Å²) in [4.78, 5) is 40.5. The number of carbonyl (C=O) groups excluding carboxylic acids is 2. The minimum absolute atomic E-state index is 0.0591. The number of anilines is 1. The number of amides is 2. The SMILES string of the molecule is CCC(C(=O)C1CCCN(Cc2ccc(-c3cc4nccc(Oc5ccc(NC(=O)NC6CC6)cc5F)c4s3)nc2)C1)C(C)CCN(C)C. The molecule has 1 aromatic carbocycles. The first-order chi connectivity index (χ1) is 23.7. The molecule has 2 fully saturated rings. The third kappa shape index (κ3) is 9.00. The van der Waals surface area contributed by atoms with Crippen LogP contribution in [0, 0.1) is 23.6 Å². The number of thiophene rings is 1. The van der Waals surface area contributed by atoms with Crippen LogP contribution in [0.4, 0.5) is 14.9 Å². The van der Waals surface area contributed by atoms with Gasteiger partial charge in [0, 0.05) is 61.2 Å². The number of halogens is 1. The number of nitrogens with one attached hydrogen (secondary N) is 2. The van der Waals surface area contributed by atoms with E-state index in [4.69, 9.17) is 9.72 Å². The molecule has 1 saturated carbocycles. The summed E-state index contributed by atoms with van der Waals surface area (Å²) in [5, 5.41) is 5.49. The van der Waals surface area contributed by atoms with Gasteiger partial charge >= 0.3 is 6.03 Å². The Balaban J connectivity index is 1.08. The number of ketones is 1. The number of rotatable bonds is 14. The normalized spacial score (nSPS) is 18.0. The number of nitrogens with zero attached hydrogens (tertiary/aromatic N) is 4. The van der Waals surface area contributed by atoms with E-state index in [0.717, 1.165) is 91.1 Å². The van der Waals surface area contributed by atoms with E-state index >= 15 is 0 Å². The molecular weight excluding hydrogens is 640 g/mol. The maximum atomic E-state index is 15.0. The van der Waals surface area contributed by atoms with Crippen LogP contribution < -0.4 is 15.4 Å². The predicted molar refractivity (Wildman–Crippen MR) is 194 cm³/mol. The fourth-order valence-corrected chi connectivity index (χ4v) is 7.73. The van der Waals surface area contributed by atoms with Gasteiger partial charge in [-0.25, -0.2) is 9.18 Å². The number of carbonyl (C=O) groups is 2. The molecular formula is C38H47FN6O3S. The highest BCUT2D eigenvalue weighted by molar-refractivity contribution is 7.22. The lowest BCUT2D eigenvalue weighted by molar-refractivity contribution is -0.130. The van der Waals surface area contributed by atoms with Crippen molar-refractivity contribution in [3.8, 4) is 22.1 Å². The van der Waals surface area contributed by atoms with E-state index in [-0.39, 0.29) is 29.7 Å². The highest BCUT2D eigenvalue weighted by Gasteiger charge is 2.32. The monoisotopic (exact) mass is 686 g/mol. The summed E-state index contributed by atoms with van der Waals surface area (Å²) in [5.41, 5.74) is 3.04. The highest BCUT2D eigenvalue weighted by Crippen LogP contribution is 2.39. The number of fused-ring (bicyclic) bond motifs is 1. The minimum atomic E-state index is -0.577. The van der Waals surface area contributed by atoms with E-state index in [9.17, 15) is 14.0 Å². The Morgan fingerprint density at radius 3 is 2.65 bits per heavy atom. The Labute approximate surface area is 292 Å². The van der Waals surface area contributed by atoms with Crippen molar-refractivity contribution >= 4 is 39.1 Å². The van der Waals surface area contributed by atoms with Gasteiger partial charge in [-0.15, -0.1) is 11.3 Å². The molecule has 4 heterocycles. The molecule has 11 heteroatoms. The van der Waals surface area contributed by atoms with Crippen LogP contribution >= 0.6 is 11.3 Å². The summed E-state index contributed by atoms with van der Waals surface area (Å²) < 4.78 is 21.8. The zero-order chi connectivity index (χ0) is 34.5. The number of pyridine rings is 2. The Bertz CT molecular complexity index is 1760. The Hall–Kier alpha value is -3.93. The van der Waals surface area contributed by atoms with Gasteiger partial charge in [0.2, 0.25) is 0 Å². The third-order valence-electron chi connectivity index (χ3n) is 9.61. The van der Waals surface area contributed by atoms with E-state index in [1.54, 1.807) is 18.3 Å². The fraction of sp³-hybridized carbons (Fsp3) is 0.474. The second-order valence-electron chi connectivity index (χ2n) is 13.9. The molecule has 4 aromatic rings. The van der Waals surface area contributed by atoms with Crippen molar-refractivity contribution in [1.82, 2.24) is 25.1 Å². The zero-order valence-electron chi connectivity index (χ0n) is 28.9. The van der Waals surface area contributed by atoms with Crippen molar-refractivity contribution in [3.63, 3.8) is 0 Å². The Kier molecular flexibility index (Phi) is 11.2. The quantitative estimate of drug-likeness (QED) is 0.139. The molecule has 3 aromatic heterocycles. The summed E-state index contributed by atoms with van der Waals surface area (Å²) in [6.07, 6.45) is 9.47. The number of Topliss-reactive ketones (excluding diaryl/α,β-unsaturated/α-hetero) is 1. The highest BCUT2D eigenvalue weighted by atomic mass is 32.1. The van der Waals surface area contributed by atoms with Gasteiger partial charge in [-0.3, -0.25) is 19.7 Å². The third-order valence-corrected chi connectivity index (χ3v) is 10.8. The molecule has 0 bridgehead atoms. The largest absolute Gasteiger partial charge is 0.453 e. The summed E-state index contributed by atoms with van der Waals surface area (Å²) in [7, 11) is 4.18. The van der Waals surface area contributed by atoms with Gasteiger partial charge < -0.3 is 20.3 Å². The lowest BCUT2D eigenvalue weighted by atomic mass is 9.78. The van der Waals surface area contributed by atoms with Crippen LogP contribution in [0.15, 0.2) is 54.9 Å². The number of aromatic nitrogens is 2. The first-order valence-electron chi connectivity index (χ1n) is 17.5. The maximum Gasteiger partial charge on any atom is 0.319 e. The van der Waals surface area contributed by atoms with Crippen LogP contribution in [0.25, 0.3) is 20.8 Å². The summed E-state index contributed by atoms with van der Waals surface area (Å²) in [5.74, 6) is 1.03. The van der Waals surface area contributed by atoms with Gasteiger partial charge in [0.05, 0.1) is 20.8 Å². The molecule has 3 atom stereocenters. The number of piperidine rings is 1. The van der Waals surface area contributed by atoms with Crippen LogP contribution in [0.1, 0.15) is 57.9 Å². The van der Waals surface area contributed by atoms with Crippen molar-refractivity contribution < 1.29 is 18.7 Å². The fourth-order valence-electron chi connectivity index (χ4n) is 6.68. The van der Waals surface area contributed by atoms with E-state index in [1.165, 1.54) is 23.5 Å². The average Bonchev–Trinajstić information content (AvgIpc) is 3.79. The number of hydrogen-bond acceptors (Lipinski definition) is 8.